The molecule has 0 unspecified atom stereocenters. The predicted octanol–water partition coefficient (Wildman–Crippen LogP) is 15.7. The number of nitrogens with zero attached hydrogens (tertiary/aromatic N) is 3. The molecule has 0 saturated carbocycles. The summed E-state index contributed by atoms with van der Waals surface area (Å²) in [6.45, 7) is 0. The third-order valence-corrected chi connectivity index (χ3v) is 12.0. The van der Waals surface area contributed by atoms with Crippen molar-refractivity contribution in [2.75, 3.05) is 0 Å². The Morgan fingerprint density at radius 1 is 0.270 bits per heavy atom. The van der Waals surface area contributed by atoms with Crippen LogP contribution in [-0.2, 0) is 0 Å². The van der Waals surface area contributed by atoms with Gasteiger partial charge in [-0.3, -0.25) is 0 Å². The topological polar surface area (TPSA) is 51.8 Å². The highest BCUT2D eigenvalue weighted by Crippen LogP contribution is 2.47. The Balaban J connectivity index is 1.10. The highest BCUT2D eigenvalue weighted by Gasteiger charge is 2.23. The van der Waals surface area contributed by atoms with Crippen LogP contribution in [0.2, 0.25) is 0 Å². The SMILES string of the molecule is c1ccc(-c2nc(-c3ccccc3)c(-c3cccc(-c4cccc(-c5c6c(cc7c(-c8ccccc8)nc8ccccc8c57)oc5ccccc56)c4)c3)c(-c3ccccc3)n2)cc1. The minimum atomic E-state index is 0.687. The lowest BCUT2D eigenvalue weighted by Crippen LogP contribution is -2.01. The normalized spacial score (nSPS) is 11.5. The number of para-hydroxylation sites is 2. The second-order valence-corrected chi connectivity index (χ2v) is 15.9. The van der Waals surface area contributed by atoms with Gasteiger partial charge in [-0.1, -0.05) is 194 Å². The van der Waals surface area contributed by atoms with Crippen LogP contribution in [0.4, 0.5) is 0 Å². The summed E-state index contributed by atoms with van der Waals surface area (Å²) in [5.41, 5.74) is 15.9. The second-order valence-electron chi connectivity index (χ2n) is 15.9. The van der Waals surface area contributed by atoms with Gasteiger partial charge in [0.25, 0.3) is 0 Å². The van der Waals surface area contributed by atoms with Gasteiger partial charge >= 0.3 is 0 Å². The standard InChI is InChI=1S/C59H37N3O/c1-5-19-38(20-6-1)56-48-37-51-55(47-32-14-16-34-50(47)63-51)52(54(48)46-31-13-15-33-49(46)60-56)44-29-17-27-42(35-44)43-28-18-30-45(36-43)53-57(39-21-7-2-8-22-39)61-59(41-25-11-4-12-26-41)62-58(53)40-23-9-3-10-24-40/h1-37H. The van der Waals surface area contributed by atoms with Gasteiger partial charge in [-0.25, -0.2) is 15.0 Å². The van der Waals surface area contributed by atoms with Crippen LogP contribution < -0.4 is 0 Å². The molecule has 0 aliphatic rings. The Labute approximate surface area is 364 Å². The molecule has 12 rings (SSSR count). The summed E-state index contributed by atoms with van der Waals surface area (Å²) in [7, 11) is 0. The smallest absolute Gasteiger partial charge is 0.160 e. The van der Waals surface area contributed by atoms with Crippen LogP contribution in [0.25, 0.3) is 122 Å². The van der Waals surface area contributed by atoms with Gasteiger partial charge in [-0.15, -0.1) is 0 Å². The van der Waals surface area contributed by atoms with Crippen LogP contribution in [0.3, 0.4) is 0 Å². The molecule has 0 radical (unpaired) electrons. The molecule has 4 nitrogen and oxygen atoms in total. The average Bonchev–Trinajstić information content (AvgIpc) is 3.74. The van der Waals surface area contributed by atoms with Gasteiger partial charge in [0.1, 0.15) is 11.2 Å². The third kappa shape index (κ3) is 6.36. The van der Waals surface area contributed by atoms with Gasteiger partial charge in [0.05, 0.1) is 22.6 Å². The van der Waals surface area contributed by atoms with Crippen molar-refractivity contribution in [1.29, 1.82) is 0 Å². The number of rotatable bonds is 7. The van der Waals surface area contributed by atoms with Crippen molar-refractivity contribution in [2.24, 2.45) is 0 Å². The van der Waals surface area contributed by atoms with Crippen molar-refractivity contribution in [3.05, 3.63) is 224 Å². The number of hydrogen-bond donors (Lipinski definition) is 0. The van der Waals surface area contributed by atoms with E-state index in [4.69, 9.17) is 19.4 Å². The van der Waals surface area contributed by atoms with Crippen LogP contribution in [0.15, 0.2) is 229 Å². The van der Waals surface area contributed by atoms with Crippen LogP contribution >= 0.6 is 0 Å². The molecule has 63 heavy (non-hydrogen) atoms. The lowest BCUT2D eigenvalue weighted by atomic mass is 9.88. The fourth-order valence-corrected chi connectivity index (χ4v) is 9.19. The Morgan fingerprint density at radius 3 is 1.33 bits per heavy atom. The Morgan fingerprint density at radius 2 is 0.730 bits per heavy atom. The van der Waals surface area contributed by atoms with Gasteiger partial charge in [-0.05, 0) is 52.6 Å². The third-order valence-electron chi connectivity index (χ3n) is 12.0. The first-order valence-electron chi connectivity index (χ1n) is 21.3. The zero-order valence-electron chi connectivity index (χ0n) is 34.1. The van der Waals surface area contributed by atoms with E-state index >= 15 is 0 Å². The van der Waals surface area contributed by atoms with Gasteiger partial charge in [0.2, 0.25) is 0 Å². The zero-order valence-corrected chi connectivity index (χ0v) is 34.1. The summed E-state index contributed by atoms with van der Waals surface area (Å²) in [4.78, 5) is 16.0. The zero-order chi connectivity index (χ0) is 41.7. The fraction of sp³-hybridized carbons (Fsp3) is 0. The van der Waals surface area contributed by atoms with E-state index in [1.54, 1.807) is 0 Å². The van der Waals surface area contributed by atoms with Crippen molar-refractivity contribution >= 4 is 43.6 Å². The summed E-state index contributed by atoms with van der Waals surface area (Å²) in [6.07, 6.45) is 0. The number of furan rings is 1. The molecule has 3 heterocycles. The fourth-order valence-electron chi connectivity index (χ4n) is 9.19. The molecule has 3 aromatic heterocycles. The molecule has 0 atom stereocenters. The van der Waals surface area contributed by atoms with Crippen LogP contribution in [-0.4, -0.2) is 15.0 Å². The van der Waals surface area contributed by atoms with Crippen molar-refractivity contribution in [1.82, 2.24) is 15.0 Å². The monoisotopic (exact) mass is 803 g/mol. The maximum Gasteiger partial charge on any atom is 0.160 e. The van der Waals surface area contributed by atoms with Crippen molar-refractivity contribution in [3.8, 4) is 78.5 Å². The first-order chi connectivity index (χ1) is 31.2. The van der Waals surface area contributed by atoms with Crippen LogP contribution in [0.5, 0.6) is 0 Å². The molecule has 0 saturated heterocycles. The molecule has 0 N–H and O–H groups in total. The molecule has 0 spiro atoms. The van der Waals surface area contributed by atoms with E-state index in [-0.39, 0.29) is 0 Å². The molecular weight excluding hydrogens is 767 g/mol. The van der Waals surface area contributed by atoms with E-state index in [0.29, 0.717) is 5.82 Å². The van der Waals surface area contributed by atoms with E-state index in [1.807, 2.05) is 42.5 Å². The minimum Gasteiger partial charge on any atom is -0.456 e. The first kappa shape index (κ1) is 36.4. The number of fused-ring (bicyclic) bond motifs is 6. The highest BCUT2D eigenvalue weighted by atomic mass is 16.3. The van der Waals surface area contributed by atoms with E-state index in [2.05, 4.69) is 182 Å². The highest BCUT2D eigenvalue weighted by molar-refractivity contribution is 6.27. The number of benzene rings is 9. The van der Waals surface area contributed by atoms with Gasteiger partial charge in [-0.2, -0.15) is 0 Å². The maximum atomic E-state index is 6.70. The first-order valence-corrected chi connectivity index (χ1v) is 21.3. The summed E-state index contributed by atoms with van der Waals surface area (Å²) < 4.78 is 6.70. The summed E-state index contributed by atoms with van der Waals surface area (Å²) in [6, 6.07) is 78.5. The number of pyridine rings is 1. The molecule has 0 fully saturated rings. The summed E-state index contributed by atoms with van der Waals surface area (Å²) >= 11 is 0. The van der Waals surface area contributed by atoms with E-state index in [1.165, 1.54) is 0 Å². The van der Waals surface area contributed by atoms with E-state index in [9.17, 15) is 0 Å². The second kappa shape index (κ2) is 15.2. The van der Waals surface area contributed by atoms with Crippen LogP contribution in [0.1, 0.15) is 0 Å². The van der Waals surface area contributed by atoms with E-state index in [0.717, 1.165) is 116 Å². The molecule has 12 aromatic rings. The van der Waals surface area contributed by atoms with Gasteiger partial charge in [0, 0.05) is 60.3 Å². The van der Waals surface area contributed by atoms with E-state index < -0.39 is 0 Å². The number of aromatic nitrogens is 3. The molecule has 9 aromatic carbocycles. The largest absolute Gasteiger partial charge is 0.456 e. The molecule has 0 aliphatic carbocycles. The molecule has 0 amide bonds. The van der Waals surface area contributed by atoms with Crippen molar-refractivity contribution in [2.45, 2.75) is 0 Å². The van der Waals surface area contributed by atoms with Gasteiger partial charge < -0.3 is 4.42 Å². The Kier molecular flexibility index (Phi) is 8.79. The Hall–Kier alpha value is -8.47. The molecule has 0 aliphatic heterocycles. The minimum absolute atomic E-state index is 0.687. The molecule has 4 heteroatoms. The molecular formula is C59H37N3O. The Bertz CT molecular complexity index is 3600. The van der Waals surface area contributed by atoms with Gasteiger partial charge in [0.15, 0.2) is 5.82 Å². The molecule has 0 bridgehead atoms. The maximum absolute atomic E-state index is 6.70. The van der Waals surface area contributed by atoms with Crippen molar-refractivity contribution < 1.29 is 4.42 Å². The number of hydrogen-bond acceptors (Lipinski definition) is 4. The van der Waals surface area contributed by atoms with Crippen molar-refractivity contribution in [3.63, 3.8) is 0 Å². The summed E-state index contributed by atoms with van der Waals surface area (Å²) in [5.74, 6) is 0.687. The predicted molar refractivity (Wildman–Crippen MR) is 260 cm³/mol. The average molecular weight is 804 g/mol. The van der Waals surface area contributed by atoms with Crippen LogP contribution in [0, 0.1) is 0 Å². The lowest BCUT2D eigenvalue weighted by molar-refractivity contribution is 0.669. The summed E-state index contributed by atoms with van der Waals surface area (Å²) in [5, 5.41) is 5.48. The molecule has 294 valence electrons. The quantitative estimate of drug-likeness (QED) is 0.151. The lowest BCUT2D eigenvalue weighted by Gasteiger charge is -2.18.